The number of carbonyl (C=O) groups is 4. The number of rotatable bonds is 6. The summed E-state index contributed by atoms with van der Waals surface area (Å²) in [5.74, 6) is -3.43. The maximum atomic E-state index is 11.0. The first-order valence-corrected chi connectivity index (χ1v) is 4.06. The second-order valence-corrected chi connectivity index (χ2v) is 2.85. The molecular formula is C7H11N3O6. The summed E-state index contributed by atoms with van der Waals surface area (Å²) in [7, 11) is 0. The Morgan fingerprint density at radius 2 is 1.44 bits per heavy atom. The van der Waals surface area contributed by atoms with Crippen molar-refractivity contribution in [2.75, 3.05) is 19.6 Å². The van der Waals surface area contributed by atoms with Gasteiger partial charge in [0.15, 0.2) is 0 Å². The van der Waals surface area contributed by atoms with Crippen LogP contribution in [0, 0.1) is 0 Å². The fraction of sp³-hybridized carbons (Fsp3) is 0.429. The van der Waals surface area contributed by atoms with E-state index >= 15 is 0 Å². The molecule has 0 saturated heterocycles. The lowest BCUT2D eigenvalue weighted by atomic mass is 10.4. The zero-order chi connectivity index (χ0) is 12.7. The Morgan fingerprint density at radius 3 is 1.75 bits per heavy atom. The second-order valence-electron chi connectivity index (χ2n) is 2.85. The average Bonchev–Trinajstić information content (AvgIpc) is 1.97. The van der Waals surface area contributed by atoms with Crippen LogP contribution in [0.1, 0.15) is 0 Å². The molecule has 0 saturated carbocycles. The number of nitrogens with zero attached hydrogens (tertiary/aromatic N) is 1. The molecule has 0 aliphatic rings. The first-order valence-electron chi connectivity index (χ1n) is 4.06. The quantitative estimate of drug-likeness (QED) is 0.401. The molecule has 0 unspecified atom stereocenters. The van der Waals surface area contributed by atoms with Gasteiger partial charge in [-0.25, -0.2) is 4.79 Å². The molecule has 0 aromatic rings. The minimum Gasteiger partial charge on any atom is -0.480 e. The lowest BCUT2D eigenvalue weighted by molar-refractivity contribution is -0.142. The van der Waals surface area contributed by atoms with Gasteiger partial charge >= 0.3 is 18.0 Å². The molecule has 16 heavy (non-hydrogen) atoms. The van der Waals surface area contributed by atoms with Crippen LogP contribution in [0.4, 0.5) is 4.79 Å². The Kier molecular flexibility index (Phi) is 5.49. The van der Waals surface area contributed by atoms with Crippen molar-refractivity contribution >= 4 is 23.9 Å². The van der Waals surface area contributed by atoms with Crippen molar-refractivity contribution in [2.24, 2.45) is 5.73 Å². The number of aliphatic carboxylic acids is 2. The molecule has 0 spiro atoms. The number of primary amides is 1. The third kappa shape index (κ3) is 7.26. The van der Waals surface area contributed by atoms with Crippen molar-refractivity contribution in [1.82, 2.24) is 10.2 Å². The summed E-state index contributed by atoms with van der Waals surface area (Å²) >= 11 is 0. The van der Waals surface area contributed by atoms with Crippen LogP contribution in [0.25, 0.3) is 0 Å². The van der Waals surface area contributed by atoms with Gasteiger partial charge in [-0.2, -0.15) is 0 Å². The maximum Gasteiger partial charge on any atom is 0.318 e. The average molecular weight is 233 g/mol. The van der Waals surface area contributed by atoms with E-state index in [-0.39, 0.29) is 0 Å². The topological polar surface area (TPSA) is 150 Å². The maximum absolute atomic E-state index is 11.0. The van der Waals surface area contributed by atoms with Crippen LogP contribution >= 0.6 is 0 Å². The van der Waals surface area contributed by atoms with Gasteiger partial charge in [-0.15, -0.1) is 0 Å². The van der Waals surface area contributed by atoms with E-state index in [9.17, 15) is 19.2 Å². The summed E-state index contributed by atoms with van der Waals surface area (Å²) in [6, 6.07) is -1.09. The van der Waals surface area contributed by atoms with Crippen molar-refractivity contribution < 1.29 is 29.4 Å². The molecule has 9 nitrogen and oxygen atoms in total. The summed E-state index contributed by atoms with van der Waals surface area (Å²) < 4.78 is 0. The Hall–Kier alpha value is -2.16. The third-order valence-corrected chi connectivity index (χ3v) is 1.35. The highest BCUT2D eigenvalue weighted by molar-refractivity contribution is 5.94. The monoisotopic (exact) mass is 233 g/mol. The molecular weight excluding hydrogens is 222 g/mol. The van der Waals surface area contributed by atoms with E-state index in [4.69, 9.17) is 10.2 Å². The fourth-order valence-corrected chi connectivity index (χ4v) is 0.930. The highest BCUT2D eigenvalue weighted by atomic mass is 16.4. The van der Waals surface area contributed by atoms with E-state index in [0.29, 0.717) is 0 Å². The van der Waals surface area contributed by atoms with Crippen LogP contribution in [0.3, 0.4) is 0 Å². The highest BCUT2D eigenvalue weighted by Gasteiger charge is 2.17. The van der Waals surface area contributed by atoms with Crippen LogP contribution in [-0.2, 0) is 14.4 Å². The Bertz CT molecular complexity index is 299. The third-order valence-electron chi connectivity index (χ3n) is 1.35. The van der Waals surface area contributed by atoms with Crippen LogP contribution in [0.2, 0.25) is 0 Å². The van der Waals surface area contributed by atoms with Gasteiger partial charge in [-0.05, 0) is 0 Å². The SMILES string of the molecule is NC(=O)NC(=O)CN(CC(=O)O)CC(=O)O. The van der Waals surface area contributed by atoms with Gasteiger partial charge in [0.2, 0.25) is 5.91 Å². The number of hydrogen-bond acceptors (Lipinski definition) is 5. The molecule has 5 N–H and O–H groups in total. The van der Waals surface area contributed by atoms with E-state index < -0.39 is 43.5 Å². The summed E-state index contributed by atoms with van der Waals surface area (Å²) in [5.41, 5.74) is 4.65. The van der Waals surface area contributed by atoms with Gasteiger partial charge in [0.05, 0.1) is 19.6 Å². The molecule has 0 bridgehead atoms. The smallest absolute Gasteiger partial charge is 0.318 e. The molecule has 0 radical (unpaired) electrons. The number of urea groups is 1. The molecule has 0 fully saturated rings. The minimum absolute atomic E-state index is 0.540. The molecule has 0 aromatic heterocycles. The summed E-state index contributed by atoms with van der Waals surface area (Å²) in [6.07, 6.45) is 0. The number of carboxylic acid groups (broad SMARTS) is 2. The Labute approximate surface area is 89.8 Å². The molecule has 0 aliphatic heterocycles. The van der Waals surface area contributed by atoms with Crippen LogP contribution < -0.4 is 11.1 Å². The van der Waals surface area contributed by atoms with Gasteiger partial charge in [-0.1, -0.05) is 0 Å². The highest BCUT2D eigenvalue weighted by Crippen LogP contribution is 1.88. The zero-order valence-electron chi connectivity index (χ0n) is 8.17. The largest absolute Gasteiger partial charge is 0.480 e. The van der Waals surface area contributed by atoms with Gasteiger partial charge in [0.25, 0.3) is 0 Å². The van der Waals surface area contributed by atoms with E-state index in [2.05, 4.69) is 5.73 Å². The van der Waals surface area contributed by atoms with Crippen LogP contribution in [0.15, 0.2) is 0 Å². The summed E-state index contributed by atoms with van der Waals surface area (Å²) in [6.45, 7) is -1.79. The van der Waals surface area contributed by atoms with Gasteiger partial charge in [0, 0.05) is 0 Å². The molecule has 3 amide bonds. The number of hydrogen-bond donors (Lipinski definition) is 4. The molecule has 0 heterocycles. The fourth-order valence-electron chi connectivity index (χ4n) is 0.930. The molecule has 9 heteroatoms. The predicted molar refractivity (Wildman–Crippen MR) is 49.4 cm³/mol. The zero-order valence-corrected chi connectivity index (χ0v) is 8.17. The molecule has 90 valence electrons. The first-order chi connectivity index (χ1) is 7.31. The van der Waals surface area contributed by atoms with Gasteiger partial charge < -0.3 is 15.9 Å². The van der Waals surface area contributed by atoms with E-state index in [1.54, 1.807) is 5.32 Å². The number of nitrogens with two attached hydrogens (primary N) is 1. The summed E-state index contributed by atoms with van der Waals surface area (Å²) in [5, 5.41) is 18.6. The van der Waals surface area contributed by atoms with Crippen molar-refractivity contribution in [3.63, 3.8) is 0 Å². The van der Waals surface area contributed by atoms with Gasteiger partial charge in [-0.3, -0.25) is 24.6 Å². The van der Waals surface area contributed by atoms with Crippen molar-refractivity contribution in [2.45, 2.75) is 0 Å². The van der Waals surface area contributed by atoms with Crippen LogP contribution in [-0.4, -0.2) is 58.6 Å². The normalized spacial score (nSPS) is 9.81. The number of carbonyl (C=O) groups excluding carboxylic acids is 2. The standard InChI is InChI=1S/C7H11N3O6/c8-7(16)9-4(11)1-10(2-5(12)13)3-6(14)15/h1-3H2,(H,12,13)(H,14,15)(H3,8,9,11,16). The minimum atomic E-state index is -1.28. The molecule has 0 atom stereocenters. The molecule has 0 aromatic carbocycles. The lowest BCUT2D eigenvalue weighted by Gasteiger charge is -2.16. The number of amides is 3. The second kappa shape index (κ2) is 6.35. The van der Waals surface area contributed by atoms with E-state index in [0.717, 1.165) is 4.90 Å². The van der Waals surface area contributed by atoms with Crippen molar-refractivity contribution in [1.29, 1.82) is 0 Å². The van der Waals surface area contributed by atoms with Gasteiger partial charge in [0.1, 0.15) is 0 Å². The van der Waals surface area contributed by atoms with Crippen molar-refractivity contribution in [3.05, 3.63) is 0 Å². The number of nitrogens with one attached hydrogen (secondary N) is 1. The molecule has 0 aliphatic carbocycles. The Balaban J connectivity index is 4.29. The first kappa shape index (κ1) is 13.8. The van der Waals surface area contributed by atoms with Crippen LogP contribution in [0.5, 0.6) is 0 Å². The summed E-state index contributed by atoms with van der Waals surface area (Å²) in [4.78, 5) is 42.8. The van der Waals surface area contributed by atoms with E-state index in [1.807, 2.05) is 0 Å². The van der Waals surface area contributed by atoms with Crippen molar-refractivity contribution in [3.8, 4) is 0 Å². The van der Waals surface area contributed by atoms with E-state index in [1.165, 1.54) is 0 Å². The molecule has 0 rings (SSSR count). The lowest BCUT2D eigenvalue weighted by Crippen LogP contribution is -2.45. The number of imide groups is 1. The predicted octanol–water partition coefficient (Wildman–Crippen LogP) is -2.35. The number of carboxylic acids is 2. The Morgan fingerprint density at radius 1 is 1.00 bits per heavy atom.